The minimum absolute atomic E-state index is 0.0535. The summed E-state index contributed by atoms with van der Waals surface area (Å²) in [5, 5.41) is 3.27. The van der Waals surface area contributed by atoms with Crippen molar-refractivity contribution in [3.63, 3.8) is 0 Å². The Morgan fingerprint density at radius 2 is 1.57 bits per heavy atom. The maximum Gasteiger partial charge on any atom is 0.416 e. The van der Waals surface area contributed by atoms with Gasteiger partial charge in [0.1, 0.15) is 12.6 Å². The lowest BCUT2D eigenvalue weighted by Crippen LogP contribution is -2.53. The Morgan fingerprint density at radius 1 is 0.894 bits per heavy atom. The van der Waals surface area contributed by atoms with E-state index in [9.17, 15) is 31.2 Å². The van der Waals surface area contributed by atoms with Crippen LogP contribution in [0.5, 0.6) is 0 Å². The summed E-state index contributed by atoms with van der Waals surface area (Å²) in [4.78, 5) is 28.9. The van der Waals surface area contributed by atoms with Crippen LogP contribution in [0, 0.1) is 6.92 Å². The number of aryl methyl sites for hydroxylation is 1. The molecule has 2 amide bonds. The number of benzene rings is 4. The molecule has 4 rings (SSSR count). The molecule has 0 aliphatic carbocycles. The van der Waals surface area contributed by atoms with Gasteiger partial charge in [0.05, 0.1) is 16.1 Å². The van der Waals surface area contributed by atoms with Crippen LogP contribution in [0.25, 0.3) is 0 Å². The first kappa shape index (κ1) is 35.8. The highest BCUT2D eigenvalue weighted by atomic mass is 35.5. The number of nitrogens with zero attached hydrogens (tertiary/aromatic N) is 2. The normalized spacial score (nSPS) is 12.3. The van der Waals surface area contributed by atoms with Crippen LogP contribution in [0.15, 0.2) is 102 Å². The molecule has 248 valence electrons. The SMILES string of the molecule is CCNC(=O)C(Cc1ccccc1)N(Cc1ccc(Cl)cc1Cl)C(=O)CN(c1cccc(C(F)(F)F)c1)S(=O)(=O)c1ccc(C)cc1. The van der Waals surface area contributed by atoms with Crippen molar-refractivity contribution in [3.05, 3.63) is 129 Å². The van der Waals surface area contributed by atoms with Crippen LogP contribution in [-0.4, -0.2) is 44.3 Å². The van der Waals surface area contributed by atoms with Gasteiger partial charge in [-0.1, -0.05) is 83.4 Å². The molecule has 1 N–H and O–H groups in total. The van der Waals surface area contributed by atoms with E-state index in [1.807, 2.05) is 0 Å². The van der Waals surface area contributed by atoms with Gasteiger partial charge < -0.3 is 10.2 Å². The number of carbonyl (C=O) groups excluding carboxylic acids is 2. The molecule has 13 heteroatoms. The van der Waals surface area contributed by atoms with E-state index >= 15 is 0 Å². The van der Waals surface area contributed by atoms with Crippen LogP contribution in [0.3, 0.4) is 0 Å². The summed E-state index contributed by atoms with van der Waals surface area (Å²) in [6.45, 7) is 2.55. The molecule has 0 heterocycles. The molecule has 0 fully saturated rings. The third-order valence-corrected chi connectivity index (χ3v) is 9.70. The molecule has 4 aromatic rings. The van der Waals surface area contributed by atoms with Crippen molar-refractivity contribution < 1.29 is 31.2 Å². The van der Waals surface area contributed by atoms with Crippen LogP contribution < -0.4 is 9.62 Å². The van der Waals surface area contributed by atoms with E-state index in [0.29, 0.717) is 26.5 Å². The molecule has 0 saturated carbocycles. The zero-order chi connectivity index (χ0) is 34.4. The number of likely N-dealkylation sites (N-methyl/N-ethyl adjacent to an activating group) is 1. The van der Waals surface area contributed by atoms with Crippen molar-refractivity contribution in [1.82, 2.24) is 10.2 Å². The molecule has 0 aliphatic rings. The molecule has 1 atom stereocenters. The monoisotopic (exact) mass is 705 g/mol. The third-order valence-electron chi connectivity index (χ3n) is 7.33. The van der Waals surface area contributed by atoms with E-state index in [4.69, 9.17) is 23.2 Å². The number of anilines is 1. The summed E-state index contributed by atoms with van der Waals surface area (Å²) < 4.78 is 70.0. The van der Waals surface area contributed by atoms with Gasteiger partial charge in [-0.2, -0.15) is 13.2 Å². The minimum atomic E-state index is -4.78. The number of hydrogen-bond acceptors (Lipinski definition) is 4. The van der Waals surface area contributed by atoms with Crippen molar-refractivity contribution in [2.45, 2.75) is 43.9 Å². The zero-order valence-corrected chi connectivity index (χ0v) is 27.8. The van der Waals surface area contributed by atoms with Crippen LogP contribution in [0.4, 0.5) is 18.9 Å². The van der Waals surface area contributed by atoms with Crippen molar-refractivity contribution in [1.29, 1.82) is 0 Å². The summed E-state index contributed by atoms with van der Waals surface area (Å²) in [7, 11) is -4.59. The summed E-state index contributed by atoms with van der Waals surface area (Å²) in [6, 6.07) is 21.8. The van der Waals surface area contributed by atoms with Gasteiger partial charge in [-0.05, 0) is 67.4 Å². The molecule has 0 aromatic heterocycles. The zero-order valence-electron chi connectivity index (χ0n) is 25.5. The van der Waals surface area contributed by atoms with E-state index in [1.165, 1.54) is 29.2 Å². The van der Waals surface area contributed by atoms with Crippen molar-refractivity contribution in [2.24, 2.45) is 0 Å². The lowest BCUT2D eigenvalue weighted by molar-refractivity contribution is -0.140. The number of carbonyl (C=O) groups is 2. The summed E-state index contributed by atoms with van der Waals surface area (Å²) in [5.41, 5.74) is 0.406. The first-order valence-corrected chi connectivity index (χ1v) is 16.7. The fourth-order valence-corrected chi connectivity index (χ4v) is 6.76. The van der Waals surface area contributed by atoms with Gasteiger partial charge in [-0.3, -0.25) is 13.9 Å². The van der Waals surface area contributed by atoms with E-state index < -0.39 is 46.2 Å². The maximum absolute atomic E-state index is 14.4. The molecule has 47 heavy (non-hydrogen) atoms. The standard InChI is InChI=1S/C34H32Cl2F3N3O4S/c1-3-40-33(44)31(18-24-8-5-4-6-9-24)41(21-25-14-15-27(35)20-30(25)36)32(43)22-42(28-11-7-10-26(19-28)34(37,38)39)47(45,46)29-16-12-23(2)13-17-29/h4-17,19-20,31H,3,18,21-22H2,1-2H3,(H,40,44). The predicted octanol–water partition coefficient (Wildman–Crippen LogP) is 7.29. The molecule has 4 aromatic carbocycles. The Hall–Kier alpha value is -4.06. The average Bonchev–Trinajstić information content (AvgIpc) is 3.02. The topological polar surface area (TPSA) is 86.8 Å². The second kappa shape index (κ2) is 15.2. The Bertz CT molecular complexity index is 1820. The molecule has 1 unspecified atom stereocenters. The number of amides is 2. The largest absolute Gasteiger partial charge is 0.416 e. The Morgan fingerprint density at radius 3 is 2.19 bits per heavy atom. The molecule has 0 bridgehead atoms. The molecule has 0 radical (unpaired) electrons. The van der Waals surface area contributed by atoms with Crippen molar-refractivity contribution >= 4 is 50.7 Å². The Labute approximate surface area is 282 Å². The molecule has 7 nitrogen and oxygen atoms in total. The number of halogens is 5. The molecular weight excluding hydrogens is 674 g/mol. The molecular formula is C34H32Cl2F3N3O4S. The van der Waals surface area contributed by atoms with Gasteiger partial charge in [-0.25, -0.2) is 8.42 Å². The number of sulfonamides is 1. The minimum Gasteiger partial charge on any atom is -0.355 e. The number of alkyl halides is 3. The van der Waals surface area contributed by atoms with Crippen LogP contribution >= 0.6 is 23.2 Å². The van der Waals surface area contributed by atoms with Gasteiger partial charge >= 0.3 is 6.18 Å². The van der Waals surface area contributed by atoms with Gasteiger partial charge in [0.15, 0.2) is 0 Å². The fourth-order valence-electron chi connectivity index (χ4n) is 4.88. The van der Waals surface area contributed by atoms with E-state index in [-0.39, 0.29) is 35.1 Å². The van der Waals surface area contributed by atoms with E-state index in [0.717, 1.165) is 17.7 Å². The second-order valence-electron chi connectivity index (χ2n) is 10.7. The Balaban J connectivity index is 1.86. The molecule has 0 spiro atoms. The third kappa shape index (κ3) is 9.06. The highest BCUT2D eigenvalue weighted by molar-refractivity contribution is 7.92. The number of rotatable bonds is 12. The van der Waals surface area contributed by atoms with Crippen LogP contribution in [0.1, 0.15) is 29.2 Å². The van der Waals surface area contributed by atoms with Gasteiger partial charge in [0.25, 0.3) is 10.0 Å². The highest BCUT2D eigenvalue weighted by Gasteiger charge is 2.36. The smallest absolute Gasteiger partial charge is 0.355 e. The van der Waals surface area contributed by atoms with Crippen molar-refractivity contribution in [3.8, 4) is 0 Å². The van der Waals surface area contributed by atoms with E-state index in [1.54, 1.807) is 68.4 Å². The maximum atomic E-state index is 14.4. The summed E-state index contributed by atoms with van der Waals surface area (Å²) in [5.74, 6) is -1.36. The molecule has 0 saturated heterocycles. The van der Waals surface area contributed by atoms with Gasteiger partial charge in [-0.15, -0.1) is 0 Å². The average molecular weight is 707 g/mol. The second-order valence-corrected chi connectivity index (χ2v) is 13.4. The highest BCUT2D eigenvalue weighted by Crippen LogP contribution is 2.34. The predicted molar refractivity (Wildman–Crippen MR) is 177 cm³/mol. The van der Waals surface area contributed by atoms with Crippen LogP contribution in [-0.2, 0) is 38.8 Å². The Kier molecular flexibility index (Phi) is 11.6. The summed E-state index contributed by atoms with van der Waals surface area (Å²) >= 11 is 12.6. The lowest BCUT2D eigenvalue weighted by Gasteiger charge is -2.34. The van der Waals surface area contributed by atoms with E-state index in [2.05, 4.69) is 5.32 Å². The fraction of sp³-hybridized carbons (Fsp3) is 0.235. The first-order chi connectivity index (χ1) is 22.2. The van der Waals surface area contributed by atoms with Gasteiger partial charge in [0.2, 0.25) is 11.8 Å². The summed E-state index contributed by atoms with van der Waals surface area (Å²) in [6.07, 6.45) is -4.73. The quantitative estimate of drug-likeness (QED) is 0.168. The van der Waals surface area contributed by atoms with Gasteiger partial charge in [0, 0.05) is 29.6 Å². The first-order valence-electron chi connectivity index (χ1n) is 14.5. The molecule has 0 aliphatic heterocycles. The van der Waals surface area contributed by atoms with Crippen molar-refractivity contribution in [2.75, 3.05) is 17.4 Å². The lowest BCUT2D eigenvalue weighted by atomic mass is 10.0. The number of nitrogens with one attached hydrogen (secondary N) is 1. The van der Waals surface area contributed by atoms with Crippen LogP contribution in [0.2, 0.25) is 10.0 Å². The number of hydrogen-bond donors (Lipinski definition) is 1.